The van der Waals surface area contributed by atoms with Gasteiger partial charge in [0.15, 0.2) is 0 Å². The number of benzene rings is 1. The summed E-state index contributed by atoms with van der Waals surface area (Å²) in [5.74, 6) is 0.647. The van der Waals surface area contributed by atoms with E-state index in [1.807, 2.05) is 24.3 Å². The van der Waals surface area contributed by atoms with Crippen LogP contribution in [0.25, 0.3) is 0 Å². The molecule has 2 aromatic rings. The van der Waals surface area contributed by atoms with Gasteiger partial charge in [-0.15, -0.1) is 0 Å². The van der Waals surface area contributed by atoms with E-state index in [1.54, 1.807) is 6.07 Å². The molecule has 1 saturated heterocycles. The standard InChI is InChI=1S/C19H24ClN5O/c1-2-24-9-11-25(12-10-24)18-13-17(22-14-23-18)19(26)21-8-7-15-3-5-16(20)6-4-15/h3-6,13-14H,2,7-12H2,1H3,(H,21,26). The van der Waals surface area contributed by atoms with Crippen LogP contribution >= 0.6 is 11.6 Å². The Bertz CT molecular complexity index is 729. The molecule has 0 aliphatic carbocycles. The van der Waals surface area contributed by atoms with Crippen molar-refractivity contribution >= 4 is 23.3 Å². The summed E-state index contributed by atoms with van der Waals surface area (Å²) in [5, 5.41) is 3.63. The molecule has 0 bridgehead atoms. The van der Waals surface area contributed by atoms with Gasteiger partial charge in [-0.2, -0.15) is 0 Å². The number of hydrogen-bond donors (Lipinski definition) is 1. The Kier molecular flexibility index (Phi) is 6.41. The summed E-state index contributed by atoms with van der Waals surface area (Å²) in [6.45, 7) is 7.66. The first kappa shape index (κ1) is 18.6. The highest BCUT2D eigenvalue weighted by Gasteiger charge is 2.18. The zero-order valence-electron chi connectivity index (χ0n) is 15.0. The number of carbonyl (C=O) groups is 1. The normalized spacial score (nSPS) is 15.1. The summed E-state index contributed by atoms with van der Waals surface area (Å²) < 4.78 is 0. The molecule has 7 heteroatoms. The van der Waals surface area contributed by atoms with Crippen LogP contribution in [0.2, 0.25) is 5.02 Å². The number of nitrogens with zero attached hydrogens (tertiary/aromatic N) is 4. The zero-order valence-corrected chi connectivity index (χ0v) is 15.7. The van der Waals surface area contributed by atoms with Crippen LogP contribution < -0.4 is 10.2 Å². The molecular weight excluding hydrogens is 350 g/mol. The van der Waals surface area contributed by atoms with Crippen molar-refractivity contribution in [3.8, 4) is 0 Å². The Balaban J connectivity index is 1.53. The minimum absolute atomic E-state index is 0.171. The van der Waals surface area contributed by atoms with Gasteiger partial charge in [-0.1, -0.05) is 30.7 Å². The van der Waals surface area contributed by atoms with E-state index in [0.717, 1.165) is 50.5 Å². The number of carbonyl (C=O) groups excluding carboxylic acids is 1. The molecule has 0 saturated carbocycles. The molecule has 138 valence electrons. The molecule has 6 nitrogen and oxygen atoms in total. The number of aromatic nitrogens is 2. The van der Waals surface area contributed by atoms with Crippen molar-refractivity contribution in [2.75, 3.05) is 44.2 Å². The van der Waals surface area contributed by atoms with Gasteiger partial charge in [-0.05, 0) is 30.7 Å². The first-order valence-corrected chi connectivity index (χ1v) is 9.35. The molecular formula is C19H24ClN5O. The average molecular weight is 374 g/mol. The fourth-order valence-corrected chi connectivity index (χ4v) is 3.13. The quantitative estimate of drug-likeness (QED) is 0.841. The third-order valence-electron chi connectivity index (χ3n) is 4.64. The molecule has 0 spiro atoms. The molecule has 0 unspecified atom stereocenters. The van der Waals surface area contributed by atoms with Gasteiger partial charge in [0, 0.05) is 43.8 Å². The molecule has 1 aliphatic heterocycles. The SMILES string of the molecule is CCN1CCN(c2cc(C(=O)NCCc3ccc(Cl)cc3)ncn2)CC1. The van der Waals surface area contributed by atoms with E-state index in [9.17, 15) is 4.79 Å². The fourth-order valence-electron chi connectivity index (χ4n) is 3.00. The van der Waals surface area contributed by atoms with E-state index in [0.29, 0.717) is 17.3 Å². The minimum Gasteiger partial charge on any atom is -0.354 e. The Labute approximate surface area is 159 Å². The van der Waals surface area contributed by atoms with Crippen molar-refractivity contribution in [3.63, 3.8) is 0 Å². The van der Waals surface area contributed by atoms with Gasteiger partial charge in [0.25, 0.3) is 5.91 Å². The van der Waals surface area contributed by atoms with Crippen LogP contribution in [0.15, 0.2) is 36.7 Å². The van der Waals surface area contributed by atoms with Gasteiger partial charge in [0.2, 0.25) is 0 Å². The van der Waals surface area contributed by atoms with Gasteiger partial charge < -0.3 is 15.1 Å². The van der Waals surface area contributed by atoms with Crippen LogP contribution in [0, 0.1) is 0 Å². The highest BCUT2D eigenvalue weighted by atomic mass is 35.5. The van der Waals surface area contributed by atoms with Crippen molar-refractivity contribution in [3.05, 3.63) is 52.9 Å². The van der Waals surface area contributed by atoms with E-state index in [-0.39, 0.29) is 5.91 Å². The lowest BCUT2D eigenvalue weighted by molar-refractivity contribution is 0.0949. The number of piperazine rings is 1. The molecule has 26 heavy (non-hydrogen) atoms. The first-order valence-electron chi connectivity index (χ1n) is 8.97. The van der Waals surface area contributed by atoms with Gasteiger partial charge in [-0.25, -0.2) is 9.97 Å². The molecule has 0 radical (unpaired) electrons. The van der Waals surface area contributed by atoms with Crippen LogP contribution in [-0.2, 0) is 6.42 Å². The smallest absolute Gasteiger partial charge is 0.270 e. The largest absolute Gasteiger partial charge is 0.354 e. The number of amides is 1. The molecule has 1 amide bonds. The molecule has 1 fully saturated rings. The molecule has 1 aromatic carbocycles. The van der Waals surface area contributed by atoms with Gasteiger partial charge in [0.05, 0.1) is 0 Å². The van der Waals surface area contributed by atoms with Crippen LogP contribution in [0.4, 0.5) is 5.82 Å². The maximum absolute atomic E-state index is 12.4. The van der Waals surface area contributed by atoms with Crippen LogP contribution in [0.1, 0.15) is 23.0 Å². The van der Waals surface area contributed by atoms with Gasteiger partial charge >= 0.3 is 0 Å². The Morgan fingerprint density at radius 1 is 1.15 bits per heavy atom. The predicted molar refractivity (Wildman–Crippen MR) is 104 cm³/mol. The van der Waals surface area contributed by atoms with Crippen molar-refractivity contribution in [1.29, 1.82) is 0 Å². The monoisotopic (exact) mass is 373 g/mol. The zero-order chi connectivity index (χ0) is 18.4. The van der Waals surface area contributed by atoms with Crippen LogP contribution in [-0.4, -0.2) is 60.0 Å². The average Bonchev–Trinajstić information content (AvgIpc) is 2.69. The number of rotatable bonds is 6. The van der Waals surface area contributed by atoms with Crippen molar-refractivity contribution in [2.45, 2.75) is 13.3 Å². The summed E-state index contributed by atoms with van der Waals surface area (Å²) in [6, 6.07) is 9.42. The summed E-state index contributed by atoms with van der Waals surface area (Å²) in [7, 11) is 0. The molecule has 3 rings (SSSR count). The summed E-state index contributed by atoms with van der Waals surface area (Å²) in [6.07, 6.45) is 2.22. The third kappa shape index (κ3) is 4.93. The van der Waals surface area contributed by atoms with Crippen LogP contribution in [0.5, 0.6) is 0 Å². The Hall–Kier alpha value is -2.18. The molecule has 1 aromatic heterocycles. The number of hydrogen-bond acceptors (Lipinski definition) is 5. The second-order valence-electron chi connectivity index (χ2n) is 6.32. The molecule has 0 atom stereocenters. The van der Waals surface area contributed by atoms with Gasteiger partial charge in [-0.3, -0.25) is 4.79 Å². The van der Waals surface area contributed by atoms with E-state index in [4.69, 9.17) is 11.6 Å². The highest BCUT2D eigenvalue weighted by Crippen LogP contribution is 2.14. The maximum atomic E-state index is 12.4. The lowest BCUT2D eigenvalue weighted by Crippen LogP contribution is -2.46. The lowest BCUT2D eigenvalue weighted by atomic mass is 10.1. The van der Waals surface area contributed by atoms with Crippen molar-refractivity contribution < 1.29 is 4.79 Å². The van der Waals surface area contributed by atoms with E-state index in [2.05, 4.69) is 32.0 Å². The van der Waals surface area contributed by atoms with E-state index >= 15 is 0 Å². The third-order valence-corrected chi connectivity index (χ3v) is 4.89. The number of likely N-dealkylation sites (N-methyl/N-ethyl adjacent to an activating group) is 1. The first-order chi connectivity index (χ1) is 12.7. The number of nitrogens with one attached hydrogen (secondary N) is 1. The van der Waals surface area contributed by atoms with Crippen molar-refractivity contribution in [1.82, 2.24) is 20.2 Å². The Morgan fingerprint density at radius 3 is 2.58 bits per heavy atom. The summed E-state index contributed by atoms with van der Waals surface area (Å²) in [4.78, 5) is 25.4. The second-order valence-corrected chi connectivity index (χ2v) is 6.75. The van der Waals surface area contributed by atoms with Gasteiger partial charge in [0.1, 0.15) is 17.8 Å². The van der Waals surface area contributed by atoms with E-state index in [1.165, 1.54) is 6.33 Å². The fraction of sp³-hybridized carbons (Fsp3) is 0.421. The summed E-state index contributed by atoms with van der Waals surface area (Å²) >= 11 is 5.88. The lowest BCUT2D eigenvalue weighted by Gasteiger charge is -2.34. The molecule has 1 N–H and O–H groups in total. The molecule has 1 aliphatic rings. The summed E-state index contributed by atoms with van der Waals surface area (Å²) in [5.41, 5.74) is 1.54. The Morgan fingerprint density at radius 2 is 1.88 bits per heavy atom. The second kappa shape index (κ2) is 8.96. The maximum Gasteiger partial charge on any atom is 0.270 e. The van der Waals surface area contributed by atoms with Crippen molar-refractivity contribution in [2.24, 2.45) is 0 Å². The van der Waals surface area contributed by atoms with Crippen LogP contribution in [0.3, 0.4) is 0 Å². The van der Waals surface area contributed by atoms with E-state index < -0.39 is 0 Å². The molecule has 2 heterocycles. The predicted octanol–water partition coefficient (Wildman–Crippen LogP) is 2.24. The highest BCUT2D eigenvalue weighted by molar-refractivity contribution is 6.30. The number of anilines is 1. The minimum atomic E-state index is -0.171. The number of halogens is 1. The topological polar surface area (TPSA) is 61.4 Å².